The van der Waals surface area contributed by atoms with E-state index in [0.29, 0.717) is 0 Å². The quantitative estimate of drug-likeness (QED) is 0.420. The van der Waals surface area contributed by atoms with Crippen molar-refractivity contribution >= 4 is 52.4 Å². The Morgan fingerprint density at radius 3 is 2.18 bits per heavy atom. The molecule has 0 fully saturated rings. The molecule has 0 aromatic rings. The van der Waals surface area contributed by atoms with Crippen LogP contribution in [0.25, 0.3) is 0 Å². The fraction of sp³-hybridized carbons (Fsp3) is 0.400. The van der Waals surface area contributed by atoms with Crippen LogP contribution in [0.3, 0.4) is 0 Å². The van der Waals surface area contributed by atoms with E-state index in [1.54, 1.807) is 0 Å². The molecule has 0 bridgehead atoms. The molecule has 0 saturated carbocycles. The van der Waals surface area contributed by atoms with Crippen molar-refractivity contribution in [3.05, 3.63) is 11.6 Å². The van der Waals surface area contributed by atoms with E-state index < -0.39 is 9.76 Å². The van der Waals surface area contributed by atoms with Gasteiger partial charge in [0.2, 0.25) is 3.79 Å². The van der Waals surface area contributed by atoms with Crippen molar-refractivity contribution < 1.29 is 9.53 Å². The molecule has 0 heterocycles. The largest absolute Gasteiger partial charge is 0.457 e. The van der Waals surface area contributed by atoms with Gasteiger partial charge in [-0.05, 0) is 0 Å². The zero-order valence-corrected chi connectivity index (χ0v) is 8.27. The second-order valence-corrected chi connectivity index (χ2v) is 4.57. The van der Waals surface area contributed by atoms with E-state index in [0.717, 1.165) is 0 Å². The van der Waals surface area contributed by atoms with E-state index in [4.69, 9.17) is 46.4 Å². The molecule has 0 rings (SSSR count). The predicted octanol–water partition coefficient (Wildman–Crippen LogP) is 2.65. The van der Waals surface area contributed by atoms with E-state index in [2.05, 4.69) is 11.3 Å². The summed E-state index contributed by atoms with van der Waals surface area (Å²) < 4.78 is 2.79. The van der Waals surface area contributed by atoms with Gasteiger partial charge in [-0.15, -0.1) is 0 Å². The summed E-state index contributed by atoms with van der Waals surface area (Å²) in [7, 11) is 0. The topological polar surface area (TPSA) is 26.3 Å². The standard InChI is InChI=1S/C5H4Cl4O2/c1-3(6)4(10)11-2-5(7,8)9/h1-2H2. The maximum atomic E-state index is 10.6. The average Bonchev–Trinajstić information content (AvgIpc) is 1.80. The minimum atomic E-state index is -1.61. The van der Waals surface area contributed by atoms with Crippen LogP contribution in [0.1, 0.15) is 0 Å². The van der Waals surface area contributed by atoms with Crippen LogP contribution in [0.2, 0.25) is 0 Å². The van der Waals surface area contributed by atoms with Gasteiger partial charge in [0.15, 0.2) is 0 Å². The fourth-order valence-electron chi connectivity index (χ4n) is 0.226. The molecule has 0 N–H and O–H groups in total. The van der Waals surface area contributed by atoms with Gasteiger partial charge in [0, 0.05) is 0 Å². The van der Waals surface area contributed by atoms with Crippen LogP contribution in [0.15, 0.2) is 11.6 Å². The predicted molar refractivity (Wildman–Crippen MR) is 46.2 cm³/mol. The molecule has 64 valence electrons. The molecule has 0 unspecified atom stereocenters. The first-order valence-corrected chi connectivity index (χ1v) is 3.92. The molecule has 0 aliphatic heterocycles. The number of halogens is 4. The molecule has 0 aliphatic rings. The van der Waals surface area contributed by atoms with Gasteiger partial charge >= 0.3 is 5.97 Å². The first kappa shape index (κ1) is 11.4. The monoisotopic (exact) mass is 236 g/mol. The molecule has 0 aliphatic carbocycles. The summed E-state index contributed by atoms with van der Waals surface area (Å²) in [6.45, 7) is 2.77. The molecule has 0 aromatic carbocycles. The van der Waals surface area contributed by atoms with Gasteiger partial charge in [0.25, 0.3) is 0 Å². The molecule has 0 spiro atoms. The van der Waals surface area contributed by atoms with E-state index in [-0.39, 0.29) is 11.6 Å². The Morgan fingerprint density at radius 2 is 1.91 bits per heavy atom. The Labute approximate surface area is 84.0 Å². The van der Waals surface area contributed by atoms with Crippen molar-refractivity contribution in [1.82, 2.24) is 0 Å². The highest BCUT2D eigenvalue weighted by Crippen LogP contribution is 2.26. The minimum absolute atomic E-state index is 0.251. The third kappa shape index (κ3) is 6.76. The summed E-state index contributed by atoms with van der Waals surface area (Å²) in [4.78, 5) is 10.6. The summed E-state index contributed by atoms with van der Waals surface area (Å²) in [5.74, 6) is -0.794. The Balaban J connectivity index is 3.73. The second-order valence-electron chi connectivity index (χ2n) is 1.60. The molecular weight excluding hydrogens is 234 g/mol. The van der Waals surface area contributed by atoms with Crippen molar-refractivity contribution in [2.75, 3.05) is 6.61 Å². The van der Waals surface area contributed by atoms with Crippen LogP contribution < -0.4 is 0 Å². The first-order valence-electron chi connectivity index (χ1n) is 2.41. The highest BCUT2D eigenvalue weighted by atomic mass is 35.6. The van der Waals surface area contributed by atoms with Crippen molar-refractivity contribution in [3.8, 4) is 0 Å². The number of esters is 1. The maximum Gasteiger partial charge on any atom is 0.349 e. The number of ether oxygens (including phenoxy) is 1. The zero-order valence-electron chi connectivity index (χ0n) is 5.24. The molecule has 6 heteroatoms. The van der Waals surface area contributed by atoms with Crippen LogP contribution in [0.4, 0.5) is 0 Å². The van der Waals surface area contributed by atoms with E-state index in [1.807, 2.05) is 0 Å². The number of carbonyl (C=O) groups excluding carboxylic acids is 1. The normalized spacial score (nSPS) is 10.9. The molecule has 0 amide bonds. The zero-order chi connectivity index (χ0) is 9.07. The first-order chi connectivity index (χ1) is 4.83. The van der Waals surface area contributed by atoms with Gasteiger partial charge in [0.1, 0.15) is 11.6 Å². The summed E-state index contributed by atoms with van der Waals surface area (Å²) in [6, 6.07) is 0. The summed E-state index contributed by atoms with van der Waals surface area (Å²) in [5.41, 5.74) is 0. The highest BCUT2D eigenvalue weighted by molar-refractivity contribution is 6.67. The summed E-state index contributed by atoms with van der Waals surface area (Å²) in [6.07, 6.45) is 0. The summed E-state index contributed by atoms with van der Waals surface area (Å²) >= 11 is 20.9. The van der Waals surface area contributed by atoms with Crippen molar-refractivity contribution in [2.24, 2.45) is 0 Å². The molecule has 0 saturated heterocycles. The van der Waals surface area contributed by atoms with Crippen molar-refractivity contribution in [1.29, 1.82) is 0 Å². The van der Waals surface area contributed by atoms with Crippen molar-refractivity contribution in [2.45, 2.75) is 3.79 Å². The average molecular weight is 238 g/mol. The van der Waals surface area contributed by atoms with Crippen LogP contribution in [-0.4, -0.2) is 16.4 Å². The van der Waals surface area contributed by atoms with Crippen molar-refractivity contribution in [3.63, 3.8) is 0 Å². The molecule has 0 atom stereocenters. The Hall–Kier alpha value is 0.370. The lowest BCUT2D eigenvalue weighted by atomic mass is 10.6. The lowest BCUT2D eigenvalue weighted by molar-refractivity contribution is -0.138. The molecule has 0 aromatic heterocycles. The number of alkyl halides is 3. The summed E-state index contributed by atoms with van der Waals surface area (Å²) in [5, 5.41) is -0.251. The Morgan fingerprint density at radius 1 is 1.45 bits per heavy atom. The Kier molecular flexibility index (Phi) is 4.56. The van der Waals surface area contributed by atoms with Gasteiger partial charge in [-0.2, -0.15) is 0 Å². The Bertz CT molecular complexity index is 172. The molecule has 11 heavy (non-hydrogen) atoms. The van der Waals surface area contributed by atoms with E-state index >= 15 is 0 Å². The minimum Gasteiger partial charge on any atom is -0.457 e. The van der Waals surface area contributed by atoms with Gasteiger partial charge in [-0.3, -0.25) is 0 Å². The third-order valence-electron chi connectivity index (χ3n) is 0.588. The lowest BCUT2D eigenvalue weighted by Gasteiger charge is -2.09. The smallest absolute Gasteiger partial charge is 0.349 e. The van der Waals surface area contributed by atoms with Crippen LogP contribution >= 0.6 is 46.4 Å². The number of rotatable bonds is 2. The van der Waals surface area contributed by atoms with E-state index in [9.17, 15) is 4.79 Å². The van der Waals surface area contributed by atoms with Gasteiger partial charge < -0.3 is 4.74 Å². The van der Waals surface area contributed by atoms with Gasteiger partial charge in [-0.25, -0.2) is 4.79 Å². The third-order valence-corrected chi connectivity index (χ3v) is 1.07. The van der Waals surface area contributed by atoms with Gasteiger partial charge in [-0.1, -0.05) is 53.0 Å². The molecular formula is C5H4Cl4O2. The van der Waals surface area contributed by atoms with Crippen LogP contribution in [-0.2, 0) is 9.53 Å². The van der Waals surface area contributed by atoms with E-state index in [1.165, 1.54) is 0 Å². The molecule has 0 radical (unpaired) electrons. The lowest BCUT2D eigenvalue weighted by Crippen LogP contribution is -2.16. The fourth-order valence-corrected chi connectivity index (χ4v) is 0.444. The van der Waals surface area contributed by atoms with Crippen LogP contribution in [0.5, 0.6) is 0 Å². The number of hydrogen-bond acceptors (Lipinski definition) is 2. The molecule has 2 nitrogen and oxygen atoms in total. The SMILES string of the molecule is C=C(Cl)C(=O)OCC(Cl)(Cl)Cl. The number of carbonyl (C=O) groups is 1. The second kappa shape index (κ2) is 4.41. The van der Waals surface area contributed by atoms with Crippen LogP contribution in [0, 0.1) is 0 Å². The maximum absolute atomic E-state index is 10.6. The number of hydrogen-bond donors (Lipinski definition) is 0. The van der Waals surface area contributed by atoms with Gasteiger partial charge in [0.05, 0.1) is 0 Å². The highest BCUT2D eigenvalue weighted by Gasteiger charge is 2.22.